The number of oxazole rings is 1. The van der Waals surface area contributed by atoms with Crippen LogP contribution in [0.4, 0.5) is 13.2 Å². The highest BCUT2D eigenvalue weighted by molar-refractivity contribution is 5.32. The number of alkyl halides is 3. The molecule has 1 aliphatic carbocycles. The van der Waals surface area contributed by atoms with E-state index in [-0.39, 0.29) is 12.0 Å². The van der Waals surface area contributed by atoms with Crippen LogP contribution in [0.1, 0.15) is 34.9 Å². The standard InChI is InChI=1S/C16H17F3N2O/c17-16(18,19)12-4-2-1-3-11(12)8-15-21-13-7-10(9-20)5-6-14(13)22-15/h1-4,10H,5-9,20H2. The van der Waals surface area contributed by atoms with Gasteiger partial charge in [0.25, 0.3) is 0 Å². The fraction of sp³-hybridized carbons (Fsp3) is 0.438. The molecule has 1 atom stereocenters. The third-order valence-electron chi connectivity index (χ3n) is 4.08. The van der Waals surface area contributed by atoms with Crippen molar-refractivity contribution >= 4 is 0 Å². The first-order valence-corrected chi connectivity index (χ1v) is 7.30. The van der Waals surface area contributed by atoms with Gasteiger partial charge in [0.1, 0.15) is 5.76 Å². The van der Waals surface area contributed by atoms with Crippen LogP contribution in [0.5, 0.6) is 0 Å². The first-order chi connectivity index (χ1) is 10.5. The summed E-state index contributed by atoms with van der Waals surface area (Å²) in [6, 6.07) is 5.54. The van der Waals surface area contributed by atoms with E-state index < -0.39 is 11.7 Å². The second kappa shape index (κ2) is 5.76. The number of aromatic nitrogens is 1. The molecule has 1 aromatic carbocycles. The van der Waals surface area contributed by atoms with E-state index in [0.717, 1.165) is 36.8 Å². The lowest BCUT2D eigenvalue weighted by molar-refractivity contribution is -0.138. The number of nitrogens with zero attached hydrogens (tertiary/aromatic N) is 1. The first kappa shape index (κ1) is 15.1. The summed E-state index contributed by atoms with van der Waals surface area (Å²) >= 11 is 0. The van der Waals surface area contributed by atoms with Crippen molar-refractivity contribution in [1.29, 1.82) is 0 Å². The van der Waals surface area contributed by atoms with Gasteiger partial charge in [0, 0.05) is 12.8 Å². The highest BCUT2D eigenvalue weighted by atomic mass is 19.4. The quantitative estimate of drug-likeness (QED) is 0.946. The molecule has 2 N–H and O–H groups in total. The molecule has 22 heavy (non-hydrogen) atoms. The number of nitrogens with two attached hydrogens (primary N) is 1. The number of aryl methyl sites for hydroxylation is 1. The van der Waals surface area contributed by atoms with Gasteiger partial charge in [-0.05, 0) is 36.9 Å². The van der Waals surface area contributed by atoms with Crippen LogP contribution in [-0.2, 0) is 25.4 Å². The van der Waals surface area contributed by atoms with Crippen molar-refractivity contribution in [1.82, 2.24) is 4.98 Å². The van der Waals surface area contributed by atoms with Gasteiger partial charge in [-0.1, -0.05) is 18.2 Å². The Kier molecular flexibility index (Phi) is 3.95. The average Bonchev–Trinajstić information content (AvgIpc) is 2.87. The number of rotatable bonds is 3. The molecule has 1 aromatic heterocycles. The molecule has 0 fully saturated rings. The van der Waals surface area contributed by atoms with Crippen molar-refractivity contribution < 1.29 is 17.6 Å². The Morgan fingerprint density at radius 2 is 2.05 bits per heavy atom. The monoisotopic (exact) mass is 310 g/mol. The normalized spacial score (nSPS) is 18.3. The number of benzene rings is 1. The van der Waals surface area contributed by atoms with Crippen LogP contribution < -0.4 is 5.73 Å². The first-order valence-electron chi connectivity index (χ1n) is 7.30. The van der Waals surface area contributed by atoms with E-state index in [1.54, 1.807) is 6.07 Å². The van der Waals surface area contributed by atoms with E-state index in [1.165, 1.54) is 12.1 Å². The molecule has 2 aromatic rings. The van der Waals surface area contributed by atoms with E-state index in [4.69, 9.17) is 10.2 Å². The zero-order chi connectivity index (χ0) is 15.7. The highest BCUT2D eigenvalue weighted by Gasteiger charge is 2.33. The number of hydrogen-bond acceptors (Lipinski definition) is 3. The van der Waals surface area contributed by atoms with Crippen LogP contribution in [0.2, 0.25) is 0 Å². The summed E-state index contributed by atoms with van der Waals surface area (Å²) in [6.07, 6.45) is -1.87. The van der Waals surface area contributed by atoms with Gasteiger partial charge in [0.15, 0.2) is 5.89 Å². The molecule has 6 heteroatoms. The molecule has 0 amide bonds. The lowest BCUT2D eigenvalue weighted by Gasteiger charge is -2.17. The summed E-state index contributed by atoms with van der Waals surface area (Å²) in [5.74, 6) is 1.52. The van der Waals surface area contributed by atoms with E-state index in [1.807, 2.05) is 0 Å². The minimum Gasteiger partial charge on any atom is -0.445 e. The molecule has 118 valence electrons. The van der Waals surface area contributed by atoms with Crippen molar-refractivity contribution in [3.63, 3.8) is 0 Å². The van der Waals surface area contributed by atoms with Gasteiger partial charge in [-0.2, -0.15) is 13.2 Å². The van der Waals surface area contributed by atoms with Crippen molar-refractivity contribution in [3.05, 3.63) is 52.7 Å². The zero-order valence-electron chi connectivity index (χ0n) is 12.0. The van der Waals surface area contributed by atoms with Crippen LogP contribution in [-0.4, -0.2) is 11.5 Å². The van der Waals surface area contributed by atoms with Gasteiger partial charge in [-0.15, -0.1) is 0 Å². The Labute approximate surface area is 126 Å². The van der Waals surface area contributed by atoms with Gasteiger partial charge in [-0.25, -0.2) is 4.98 Å². The van der Waals surface area contributed by atoms with E-state index in [9.17, 15) is 13.2 Å². The van der Waals surface area contributed by atoms with Crippen LogP contribution in [0.15, 0.2) is 28.7 Å². The summed E-state index contributed by atoms with van der Waals surface area (Å²) in [5.41, 5.74) is 6.07. The fourth-order valence-electron chi connectivity index (χ4n) is 2.89. The van der Waals surface area contributed by atoms with Crippen molar-refractivity contribution in [2.45, 2.75) is 31.9 Å². The molecule has 0 aliphatic heterocycles. The van der Waals surface area contributed by atoms with Crippen LogP contribution in [0.3, 0.4) is 0 Å². The fourth-order valence-corrected chi connectivity index (χ4v) is 2.89. The molecule has 0 bridgehead atoms. The van der Waals surface area contributed by atoms with Crippen molar-refractivity contribution in [2.75, 3.05) is 6.54 Å². The summed E-state index contributed by atoms with van der Waals surface area (Å²) in [4.78, 5) is 4.38. The maximum atomic E-state index is 13.0. The molecule has 0 radical (unpaired) electrons. The Hall–Kier alpha value is -1.82. The predicted octanol–water partition coefficient (Wildman–Crippen LogP) is 3.35. The Bertz CT molecular complexity index is 664. The molecule has 3 rings (SSSR count). The van der Waals surface area contributed by atoms with E-state index in [0.29, 0.717) is 18.4 Å². The topological polar surface area (TPSA) is 52.0 Å². The zero-order valence-corrected chi connectivity index (χ0v) is 12.0. The Morgan fingerprint density at radius 3 is 2.77 bits per heavy atom. The second-order valence-electron chi connectivity index (χ2n) is 5.65. The van der Waals surface area contributed by atoms with Gasteiger partial charge in [-0.3, -0.25) is 0 Å². The molecule has 1 unspecified atom stereocenters. The van der Waals surface area contributed by atoms with Gasteiger partial charge < -0.3 is 10.2 Å². The lowest BCUT2D eigenvalue weighted by Crippen LogP contribution is -2.21. The molecule has 1 heterocycles. The second-order valence-corrected chi connectivity index (χ2v) is 5.65. The summed E-state index contributed by atoms with van der Waals surface area (Å²) in [6.45, 7) is 0.596. The number of hydrogen-bond donors (Lipinski definition) is 1. The number of fused-ring (bicyclic) bond motifs is 1. The number of halogens is 3. The third kappa shape index (κ3) is 3.02. The summed E-state index contributed by atoms with van der Waals surface area (Å²) < 4.78 is 44.7. The molecule has 0 saturated heterocycles. The third-order valence-corrected chi connectivity index (χ3v) is 4.08. The van der Waals surface area contributed by atoms with Crippen LogP contribution in [0, 0.1) is 5.92 Å². The maximum Gasteiger partial charge on any atom is 0.416 e. The maximum absolute atomic E-state index is 13.0. The molecule has 3 nitrogen and oxygen atoms in total. The minimum absolute atomic E-state index is 0.0516. The van der Waals surface area contributed by atoms with Crippen molar-refractivity contribution in [2.24, 2.45) is 11.7 Å². The Morgan fingerprint density at radius 1 is 1.27 bits per heavy atom. The highest BCUT2D eigenvalue weighted by Crippen LogP contribution is 2.33. The SMILES string of the molecule is NCC1CCc2oc(Cc3ccccc3C(F)(F)F)nc2C1. The molecule has 0 spiro atoms. The van der Waals surface area contributed by atoms with E-state index >= 15 is 0 Å². The average molecular weight is 310 g/mol. The molecular formula is C16H17F3N2O. The van der Waals surface area contributed by atoms with Crippen LogP contribution in [0.25, 0.3) is 0 Å². The minimum atomic E-state index is -4.37. The van der Waals surface area contributed by atoms with Gasteiger partial charge in [0.2, 0.25) is 0 Å². The smallest absolute Gasteiger partial charge is 0.416 e. The molecular weight excluding hydrogens is 293 g/mol. The summed E-state index contributed by atoms with van der Waals surface area (Å²) in [7, 11) is 0. The van der Waals surface area contributed by atoms with Crippen molar-refractivity contribution in [3.8, 4) is 0 Å². The Balaban J connectivity index is 1.85. The van der Waals surface area contributed by atoms with Gasteiger partial charge >= 0.3 is 6.18 Å². The molecule has 0 saturated carbocycles. The van der Waals surface area contributed by atoms with Gasteiger partial charge in [0.05, 0.1) is 11.3 Å². The van der Waals surface area contributed by atoms with Crippen LogP contribution >= 0.6 is 0 Å². The largest absolute Gasteiger partial charge is 0.445 e. The predicted molar refractivity (Wildman–Crippen MR) is 75.3 cm³/mol. The summed E-state index contributed by atoms with van der Waals surface area (Å²) in [5, 5.41) is 0. The molecule has 1 aliphatic rings. The lowest BCUT2D eigenvalue weighted by atomic mass is 9.90. The van der Waals surface area contributed by atoms with E-state index in [2.05, 4.69) is 4.98 Å².